The molecule has 0 atom stereocenters. The third-order valence-corrected chi connectivity index (χ3v) is 4.27. The number of anilines is 1. The Morgan fingerprint density at radius 2 is 1.92 bits per heavy atom. The van der Waals surface area contributed by atoms with Crippen molar-refractivity contribution in [2.45, 2.75) is 6.92 Å². The lowest BCUT2D eigenvalue weighted by Gasteiger charge is -2.13. The number of hydrogen-bond acceptors (Lipinski definition) is 5. The van der Waals surface area contributed by atoms with Crippen molar-refractivity contribution in [1.29, 1.82) is 0 Å². The van der Waals surface area contributed by atoms with Crippen molar-refractivity contribution in [2.75, 3.05) is 5.32 Å². The largest absolute Gasteiger partial charge is 0.425 e. The fraction of sp³-hybridized carbons (Fsp3) is 0.0667. The van der Waals surface area contributed by atoms with E-state index in [1.54, 1.807) is 6.07 Å². The number of hydrogen-bond donors (Lipinski definition) is 1. The van der Waals surface area contributed by atoms with Gasteiger partial charge < -0.3 is 10.1 Å². The van der Waals surface area contributed by atoms with Gasteiger partial charge in [-0.2, -0.15) is 0 Å². The first-order chi connectivity index (χ1) is 11.7. The van der Waals surface area contributed by atoms with Gasteiger partial charge in [0.1, 0.15) is 0 Å². The van der Waals surface area contributed by atoms with Crippen molar-refractivity contribution in [2.24, 2.45) is 0 Å². The van der Waals surface area contributed by atoms with Crippen molar-refractivity contribution in [1.82, 2.24) is 0 Å². The summed E-state index contributed by atoms with van der Waals surface area (Å²) in [6.45, 7) is 1.21. The standard InChI is InChI=1S/C15H9Br2ClN2O5/c1-7(21)25-14-10(4-8(16)5-11(14)17)15(22)19-13-3-2-9(20(23)24)6-12(13)18/h2-6H,1H3,(H,19,22). The number of esters is 1. The molecule has 25 heavy (non-hydrogen) atoms. The topological polar surface area (TPSA) is 98.5 Å². The minimum absolute atomic E-state index is 0.00523. The molecule has 0 radical (unpaired) electrons. The number of nitro groups is 1. The first kappa shape index (κ1) is 19.4. The normalized spacial score (nSPS) is 10.2. The molecule has 0 bridgehead atoms. The van der Waals surface area contributed by atoms with Crippen LogP contribution < -0.4 is 10.1 Å². The second-order valence-corrected chi connectivity index (χ2v) is 6.91. The van der Waals surface area contributed by atoms with Crippen LogP contribution in [0, 0.1) is 10.1 Å². The Hall–Kier alpha value is -1.97. The Bertz CT molecular complexity index is 888. The summed E-state index contributed by atoms with van der Waals surface area (Å²) in [4.78, 5) is 34.0. The molecule has 0 saturated carbocycles. The highest BCUT2D eigenvalue weighted by molar-refractivity contribution is 9.11. The minimum atomic E-state index is -0.603. The molecule has 10 heteroatoms. The summed E-state index contributed by atoms with van der Waals surface area (Å²) in [6, 6.07) is 6.74. The van der Waals surface area contributed by atoms with Crippen molar-refractivity contribution in [3.63, 3.8) is 0 Å². The molecule has 0 aliphatic rings. The lowest BCUT2D eigenvalue weighted by molar-refractivity contribution is -0.384. The third kappa shape index (κ3) is 4.77. The number of non-ortho nitro benzene ring substituents is 1. The summed E-state index contributed by atoms with van der Waals surface area (Å²) >= 11 is 12.5. The molecule has 0 spiro atoms. The molecule has 1 N–H and O–H groups in total. The molecule has 0 aromatic heterocycles. The van der Waals surface area contributed by atoms with Gasteiger partial charge in [0.25, 0.3) is 11.6 Å². The van der Waals surface area contributed by atoms with Gasteiger partial charge >= 0.3 is 5.97 Å². The predicted molar refractivity (Wildman–Crippen MR) is 99.2 cm³/mol. The van der Waals surface area contributed by atoms with Gasteiger partial charge in [-0.15, -0.1) is 0 Å². The summed E-state index contributed by atoms with van der Waals surface area (Å²) in [6.07, 6.45) is 0. The maximum Gasteiger partial charge on any atom is 0.308 e. The molecule has 0 saturated heterocycles. The number of nitrogens with zero attached hydrogens (tertiary/aromatic N) is 1. The third-order valence-electron chi connectivity index (χ3n) is 2.91. The maximum atomic E-state index is 12.6. The fourth-order valence-electron chi connectivity index (χ4n) is 1.89. The second kappa shape index (κ2) is 7.94. The van der Waals surface area contributed by atoms with Crippen molar-refractivity contribution >= 4 is 66.7 Å². The average molecular weight is 493 g/mol. The van der Waals surface area contributed by atoms with E-state index in [0.717, 1.165) is 6.07 Å². The molecular weight excluding hydrogens is 483 g/mol. The highest BCUT2D eigenvalue weighted by Crippen LogP contribution is 2.34. The van der Waals surface area contributed by atoms with Crippen LogP contribution in [0.15, 0.2) is 39.3 Å². The predicted octanol–water partition coefficient (Wildman–Crippen LogP) is 4.95. The quantitative estimate of drug-likeness (QED) is 0.282. The van der Waals surface area contributed by atoms with E-state index in [4.69, 9.17) is 16.3 Å². The monoisotopic (exact) mass is 490 g/mol. The molecule has 0 unspecified atom stereocenters. The fourth-order valence-corrected chi connectivity index (χ4v) is 3.41. The lowest BCUT2D eigenvalue weighted by atomic mass is 10.1. The van der Waals surface area contributed by atoms with Gasteiger partial charge in [-0.3, -0.25) is 19.7 Å². The van der Waals surface area contributed by atoms with Crippen LogP contribution in [0.25, 0.3) is 0 Å². The zero-order valence-electron chi connectivity index (χ0n) is 12.5. The maximum absolute atomic E-state index is 12.6. The first-order valence-corrected chi connectivity index (χ1v) is 8.58. The minimum Gasteiger partial charge on any atom is -0.425 e. The number of nitrogens with one attached hydrogen (secondary N) is 1. The number of amides is 1. The number of carbonyl (C=O) groups is 2. The molecule has 0 aliphatic carbocycles. The molecule has 130 valence electrons. The van der Waals surface area contributed by atoms with Crippen LogP contribution in [0.4, 0.5) is 11.4 Å². The SMILES string of the molecule is CC(=O)Oc1c(Br)cc(Br)cc1C(=O)Nc1ccc([N+](=O)[O-])cc1Cl. The van der Waals surface area contributed by atoms with Crippen LogP contribution in [-0.4, -0.2) is 16.8 Å². The van der Waals surface area contributed by atoms with E-state index < -0.39 is 16.8 Å². The number of nitro benzene ring substituents is 1. The zero-order valence-corrected chi connectivity index (χ0v) is 16.4. The molecular formula is C15H9Br2ClN2O5. The lowest BCUT2D eigenvalue weighted by Crippen LogP contribution is -2.15. The number of halogens is 3. The van der Waals surface area contributed by atoms with Crippen LogP contribution in [0.5, 0.6) is 5.75 Å². The van der Waals surface area contributed by atoms with Gasteiger partial charge in [0.05, 0.1) is 25.7 Å². The molecule has 0 fully saturated rings. The highest BCUT2D eigenvalue weighted by Gasteiger charge is 2.20. The summed E-state index contributed by atoms with van der Waals surface area (Å²) in [5.74, 6) is -1.15. The van der Waals surface area contributed by atoms with E-state index in [2.05, 4.69) is 37.2 Å². The summed E-state index contributed by atoms with van der Waals surface area (Å²) in [5.41, 5.74) is 0.0572. The smallest absolute Gasteiger partial charge is 0.308 e. The van der Waals surface area contributed by atoms with Gasteiger partial charge in [-0.25, -0.2) is 0 Å². The van der Waals surface area contributed by atoms with E-state index in [1.165, 1.54) is 25.1 Å². The van der Waals surface area contributed by atoms with Gasteiger partial charge in [-0.05, 0) is 34.1 Å². The van der Waals surface area contributed by atoms with Crippen molar-refractivity contribution in [3.8, 4) is 5.75 Å². The summed E-state index contributed by atoms with van der Waals surface area (Å²) < 4.78 is 6.06. The van der Waals surface area contributed by atoms with E-state index in [0.29, 0.717) is 8.95 Å². The molecule has 2 rings (SSSR count). The molecule has 0 aliphatic heterocycles. The molecule has 7 nitrogen and oxygen atoms in total. The number of ether oxygens (including phenoxy) is 1. The van der Waals surface area contributed by atoms with Crippen LogP contribution in [0.3, 0.4) is 0 Å². The zero-order chi connectivity index (χ0) is 18.7. The number of rotatable bonds is 4. The van der Waals surface area contributed by atoms with Crippen LogP contribution in [0.2, 0.25) is 5.02 Å². The van der Waals surface area contributed by atoms with Gasteiger partial charge in [-0.1, -0.05) is 27.5 Å². The Morgan fingerprint density at radius 3 is 2.48 bits per heavy atom. The van der Waals surface area contributed by atoms with E-state index in [1.807, 2.05) is 0 Å². The molecule has 2 aromatic carbocycles. The highest BCUT2D eigenvalue weighted by atomic mass is 79.9. The van der Waals surface area contributed by atoms with Crippen molar-refractivity contribution in [3.05, 3.63) is 60.0 Å². The summed E-state index contributed by atoms with van der Waals surface area (Å²) in [7, 11) is 0. The van der Waals surface area contributed by atoms with E-state index in [-0.39, 0.29) is 27.7 Å². The van der Waals surface area contributed by atoms with Crippen LogP contribution in [-0.2, 0) is 4.79 Å². The summed E-state index contributed by atoms with van der Waals surface area (Å²) in [5, 5.41) is 13.3. The van der Waals surface area contributed by atoms with Gasteiger partial charge in [0, 0.05) is 23.5 Å². The van der Waals surface area contributed by atoms with Crippen LogP contribution in [0.1, 0.15) is 17.3 Å². The Kier molecular flexibility index (Phi) is 6.15. The molecule has 0 heterocycles. The Morgan fingerprint density at radius 1 is 1.24 bits per heavy atom. The van der Waals surface area contributed by atoms with Crippen molar-refractivity contribution < 1.29 is 19.2 Å². The van der Waals surface area contributed by atoms with Gasteiger partial charge in [0.2, 0.25) is 0 Å². The van der Waals surface area contributed by atoms with Crippen LogP contribution >= 0.6 is 43.5 Å². The second-order valence-electron chi connectivity index (χ2n) is 4.73. The number of carbonyl (C=O) groups excluding carboxylic acids is 2. The van der Waals surface area contributed by atoms with E-state index >= 15 is 0 Å². The Balaban J connectivity index is 2.38. The molecule has 1 amide bonds. The van der Waals surface area contributed by atoms with Gasteiger partial charge in [0.15, 0.2) is 5.75 Å². The average Bonchev–Trinajstić information content (AvgIpc) is 2.51. The number of benzene rings is 2. The Labute approximate surface area is 163 Å². The van der Waals surface area contributed by atoms with E-state index in [9.17, 15) is 19.7 Å². The first-order valence-electron chi connectivity index (χ1n) is 6.61. The molecule has 2 aromatic rings.